The molecule has 1 aromatic heterocycles. The molecule has 0 saturated heterocycles. The van der Waals surface area contributed by atoms with Crippen molar-refractivity contribution < 1.29 is 14.7 Å². The summed E-state index contributed by atoms with van der Waals surface area (Å²) in [6.07, 6.45) is 5.68. The van der Waals surface area contributed by atoms with E-state index in [4.69, 9.17) is 5.11 Å². The Hall–Kier alpha value is -2.95. The number of hydrogen-bond acceptors (Lipinski definition) is 3. The maximum atomic E-state index is 12.2. The van der Waals surface area contributed by atoms with Gasteiger partial charge in [0.05, 0.1) is 0 Å². The van der Waals surface area contributed by atoms with Crippen LogP contribution in [-0.2, 0) is 4.79 Å². The van der Waals surface area contributed by atoms with E-state index in [1.807, 2.05) is 13.0 Å². The van der Waals surface area contributed by atoms with Crippen molar-refractivity contribution in [3.63, 3.8) is 0 Å². The maximum Gasteiger partial charge on any atom is 0.328 e. The minimum absolute atomic E-state index is 0.255. The molecule has 0 fully saturated rings. The van der Waals surface area contributed by atoms with Crippen molar-refractivity contribution in [2.75, 3.05) is 5.32 Å². The Labute approximate surface area is 122 Å². The van der Waals surface area contributed by atoms with Gasteiger partial charge in [-0.15, -0.1) is 0 Å². The highest BCUT2D eigenvalue weighted by molar-refractivity contribution is 6.04. The summed E-state index contributed by atoms with van der Waals surface area (Å²) in [7, 11) is 0. The number of aliphatic carboxylic acids is 1. The van der Waals surface area contributed by atoms with E-state index in [-0.39, 0.29) is 5.91 Å². The Kier molecular flexibility index (Phi) is 4.46. The molecule has 2 rings (SSSR count). The van der Waals surface area contributed by atoms with Crippen molar-refractivity contribution in [1.29, 1.82) is 0 Å². The van der Waals surface area contributed by atoms with Gasteiger partial charge >= 0.3 is 5.97 Å². The van der Waals surface area contributed by atoms with Crippen molar-refractivity contribution in [2.24, 2.45) is 0 Å². The number of benzene rings is 1. The quantitative estimate of drug-likeness (QED) is 0.845. The maximum absolute atomic E-state index is 12.2. The zero-order valence-corrected chi connectivity index (χ0v) is 11.4. The summed E-state index contributed by atoms with van der Waals surface area (Å²) in [6, 6.07) is 8.58. The molecule has 2 N–H and O–H groups in total. The summed E-state index contributed by atoms with van der Waals surface area (Å²) in [5.41, 5.74) is 2.66. The lowest BCUT2D eigenvalue weighted by Gasteiger charge is -2.07. The summed E-state index contributed by atoms with van der Waals surface area (Å²) in [5.74, 6) is -1.28. The van der Waals surface area contributed by atoms with E-state index >= 15 is 0 Å². The monoisotopic (exact) mass is 282 g/mol. The average molecular weight is 282 g/mol. The van der Waals surface area contributed by atoms with Gasteiger partial charge in [0, 0.05) is 29.7 Å². The predicted molar refractivity (Wildman–Crippen MR) is 80.0 cm³/mol. The SMILES string of the molecule is Cc1cc(/C=C/C(=O)O)cc(C(=O)Nc2ccncc2)c1. The van der Waals surface area contributed by atoms with E-state index < -0.39 is 5.97 Å². The average Bonchev–Trinajstić information content (AvgIpc) is 2.45. The first-order valence-electron chi connectivity index (χ1n) is 6.29. The number of carboxylic acids is 1. The fraction of sp³-hybridized carbons (Fsp3) is 0.0625. The molecule has 5 heteroatoms. The van der Waals surface area contributed by atoms with Crippen LogP contribution in [0.4, 0.5) is 5.69 Å². The second-order valence-electron chi connectivity index (χ2n) is 4.49. The lowest BCUT2D eigenvalue weighted by molar-refractivity contribution is -0.131. The Bertz CT molecular complexity index is 694. The van der Waals surface area contributed by atoms with Crippen LogP contribution < -0.4 is 5.32 Å². The fourth-order valence-electron chi connectivity index (χ4n) is 1.85. The van der Waals surface area contributed by atoms with E-state index in [0.29, 0.717) is 16.8 Å². The molecule has 5 nitrogen and oxygen atoms in total. The molecule has 0 unspecified atom stereocenters. The number of carbonyl (C=O) groups is 2. The van der Waals surface area contributed by atoms with Gasteiger partial charge in [0.25, 0.3) is 5.91 Å². The van der Waals surface area contributed by atoms with Crippen molar-refractivity contribution in [3.05, 3.63) is 65.5 Å². The summed E-state index contributed by atoms with van der Waals surface area (Å²) in [6.45, 7) is 1.85. The summed E-state index contributed by atoms with van der Waals surface area (Å²) < 4.78 is 0. The third-order valence-corrected chi connectivity index (χ3v) is 2.72. The summed E-state index contributed by atoms with van der Waals surface area (Å²) >= 11 is 0. The largest absolute Gasteiger partial charge is 0.478 e. The number of carbonyl (C=O) groups excluding carboxylic acids is 1. The second-order valence-corrected chi connectivity index (χ2v) is 4.49. The van der Waals surface area contributed by atoms with Crippen molar-refractivity contribution in [3.8, 4) is 0 Å². The van der Waals surface area contributed by atoms with Gasteiger partial charge in [0.15, 0.2) is 0 Å². The van der Waals surface area contributed by atoms with E-state index in [9.17, 15) is 9.59 Å². The van der Waals surface area contributed by atoms with Gasteiger partial charge in [-0.05, 0) is 48.4 Å². The molecule has 0 spiro atoms. The van der Waals surface area contributed by atoms with Crippen LogP contribution in [0.5, 0.6) is 0 Å². The first kappa shape index (κ1) is 14.5. The number of amides is 1. The van der Waals surface area contributed by atoms with E-state index in [0.717, 1.165) is 11.6 Å². The van der Waals surface area contributed by atoms with Crippen LogP contribution in [0.1, 0.15) is 21.5 Å². The first-order chi connectivity index (χ1) is 10.0. The Morgan fingerprint density at radius 3 is 2.57 bits per heavy atom. The Morgan fingerprint density at radius 2 is 1.90 bits per heavy atom. The number of rotatable bonds is 4. The van der Waals surface area contributed by atoms with Gasteiger partial charge in [-0.2, -0.15) is 0 Å². The van der Waals surface area contributed by atoms with Gasteiger partial charge in [-0.25, -0.2) is 4.79 Å². The first-order valence-corrected chi connectivity index (χ1v) is 6.29. The van der Waals surface area contributed by atoms with Crippen LogP contribution in [0.25, 0.3) is 6.08 Å². The highest BCUT2D eigenvalue weighted by Crippen LogP contribution is 2.14. The molecule has 0 radical (unpaired) electrons. The van der Waals surface area contributed by atoms with Gasteiger partial charge in [-0.3, -0.25) is 9.78 Å². The third kappa shape index (κ3) is 4.28. The van der Waals surface area contributed by atoms with Crippen molar-refractivity contribution in [1.82, 2.24) is 4.98 Å². The molecule has 21 heavy (non-hydrogen) atoms. The van der Waals surface area contributed by atoms with Gasteiger partial charge < -0.3 is 10.4 Å². The number of aromatic nitrogens is 1. The number of anilines is 1. The minimum atomic E-state index is -1.03. The third-order valence-electron chi connectivity index (χ3n) is 2.72. The number of aryl methyl sites for hydroxylation is 1. The molecular formula is C16H14N2O3. The molecule has 0 aliphatic carbocycles. The van der Waals surface area contributed by atoms with Crippen molar-refractivity contribution in [2.45, 2.75) is 6.92 Å². The molecule has 0 aliphatic rings. The Balaban J connectivity index is 2.23. The number of nitrogens with zero attached hydrogens (tertiary/aromatic N) is 1. The van der Waals surface area contributed by atoms with Gasteiger partial charge in [0.1, 0.15) is 0 Å². The Morgan fingerprint density at radius 1 is 1.19 bits per heavy atom. The van der Waals surface area contributed by atoms with Crippen LogP contribution >= 0.6 is 0 Å². The smallest absolute Gasteiger partial charge is 0.328 e. The molecule has 106 valence electrons. The molecule has 0 bridgehead atoms. The molecule has 1 amide bonds. The van der Waals surface area contributed by atoms with Crippen LogP contribution in [0.3, 0.4) is 0 Å². The number of carboxylic acid groups (broad SMARTS) is 1. The normalized spacial score (nSPS) is 10.5. The van der Waals surface area contributed by atoms with E-state index in [1.54, 1.807) is 36.7 Å². The molecular weight excluding hydrogens is 268 g/mol. The molecule has 0 aliphatic heterocycles. The number of pyridine rings is 1. The number of hydrogen-bond donors (Lipinski definition) is 2. The van der Waals surface area contributed by atoms with E-state index in [2.05, 4.69) is 10.3 Å². The highest BCUT2D eigenvalue weighted by Gasteiger charge is 2.07. The highest BCUT2D eigenvalue weighted by atomic mass is 16.4. The van der Waals surface area contributed by atoms with E-state index in [1.165, 1.54) is 6.08 Å². The molecule has 0 atom stereocenters. The predicted octanol–water partition coefficient (Wildman–Crippen LogP) is 2.74. The summed E-state index contributed by atoms with van der Waals surface area (Å²) in [4.78, 5) is 26.6. The topological polar surface area (TPSA) is 79.3 Å². The van der Waals surface area contributed by atoms with Gasteiger partial charge in [0.2, 0.25) is 0 Å². The second kappa shape index (κ2) is 6.47. The molecule has 2 aromatic rings. The number of nitrogens with one attached hydrogen (secondary N) is 1. The zero-order valence-electron chi connectivity index (χ0n) is 11.4. The lowest BCUT2D eigenvalue weighted by Crippen LogP contribution is -2.12. The van der Waals surface area contributed by atoms with Crippen LogP contribution in [-0.4, -0.2) is 22.0 Å². The van der Waals surface area contributed by atoms with Crippen LogP contribution in [0.15, 0.2) is 48.8 Å². The van der Waals surface area contributed by atoms with Crippen LogP contribution in [0, 0.1) is 6.92 Å². The molecule has 1 heterocycles. The lowest BCUT2D eigenvalue weighted by atomic mass is 10.1. The van der Waals surface area contributed by atoms with Crippen LogP contribution in [0.2, 0.25) is 0 Å². The minimum Gasteiger partial charge on any atom is -0.478 e. The molecule has 1 aromatic carbocycles. The summed E-state index contributed by atoms with van der Waals surface area (Å²) in [5, 5.41) is 11.4. The fourth-order valence-corrected chi connectivity index (χ4v) is 1.85. The standard InChI is InChI=1S/C16H14N2O3/c1-11-8-12(2-3-15(19)20)10-13(9-11)16(21)18-14-4-6-17-7-5-14/h2-10H,1H3,(H,19,20)(H,17,18,21)/b3-2+. The van der Waals surface area contributed by atoms with Crippen molar-refractivity contribution >= 4 is 23.6 Å². The van der Waals surface area contributed by atoms with Gasteiger partial charge in [-0.1, -0.05) is 6.07 Å². The molecule has 0 saturated carbocycles. The zero-order chi connectivity index (χ0) is 15.2.